The Morgan fingerprint density at radius 3 is 2.89 bits per heavy atom. The average molecular weight is 325 g/mol. The Kier molecular flexibility index (Phi) is 4.21. The van der Waals surface area contributed by atoms with Crippen molar-refractivity contribution in [2.75, 3.05) is 0 Å². The van der Waals surface area contributed by atoms with Crippen molar-refractivity contribution in [3.05, 3.63) is 40.6 Å². The second-order valence-electron chi connectivity index (χ2n) is 3.99. The van der Waals surface area contributed by atoms with Crippen LogP contribution in [0.25, 0.3) is 0 Å². The molecular formula is C13H13BrN2O3. The van der Waals surface area contributed by atoms with Gasteiger partial charge in [0.1, 0.15) is 5.75 Å². The van der Waals surface area contributed by atoms with E-state index in [1.54, 1.807) is 23.0 Å². The number of carbonyl (C=O) groups is 1. The topological polar surface area (TPSA) is 64.3 Å². The van der Waals surface area contributed by atoms with E-state index in [9.17, 15) is 4.79 Å². The third kappa shape index (κ3) is 3.35. The van der Waals surface area contributed by atoms with E-state index in [-0.39, 0.29) is 5.56 Å². The summed E-state index contributed by atoms with van der Waals surface area (Å²) in [5, 5.41) is 13.1. The third-order valence-electron chi connectivity index (χ3n) is 2.47. The summed E-state index contributed by atoms with van der Waals surface area (Å²) in [7, 11) is 0. The van der Waals surface area contributed by atoms with Gasteiger partial charge < -0.3 is 9.84 Å². The van der Waals surface area contributed by atoms with Crippen LogP contribution in [0.2, 0.25) is 0 Å². The second-order valence-corrected chi connectivity index (χ2v) is 4.84. The molecule has 6 heteroatoms. The van der Waals surface area contributed by atoms with Crippen molar-refractivity contribution in [2.45, 2.75) is 19.9 Å². The van der Waals surface area contributed by atoms with Crippen molar-refractivity contribution in [1.82, 2.24) is 9.78 Å². The molecule has 0 saturated heterocycles. The first-order chi connectivity index (χ1) is 9.10. The Hall–Kier alpha value is -1.82. The van der Waals surface area contributed by atoms with E-state index in [1.807, 2.05) is 6.20 Å². The highest BCUT2D eigenvalue weighted by Gasteiger charge is 2.09. The van der Waals surface area contributed by atoms with Crippen molar-refractivity contribution in [1.29, 1.82) is 0 Å². The van der Waals surface area contributed by atoms with Crippen LogP contribution in [0.3, 0.4) is 0 Å². The number of benzene rings is 1. The largest absolute Gasteiger partial charge is 0.478 e. The normalized spacial score (nSPS) is 10.4. The van der Waals surface area contributed by atoms with Gasteiger partial charge in [-0.05, 0) is 40.5 Å². The molecule has 0 radical (unpaired) electrons. The van der Waals surface area contributed by atoms with E-state index in [2.05, 4.69) is 28.0 Å². The zero-order valence-electron chi connectivity index (χ0n) is 10.3. The molecule has 1 aromatic heterocycles. The molecule has 19 heavy (non-hydrogen) atoms. The van der Waals surface area contributed by atoms with Gasteiger partial charge in [0.25, 0.3) is 0 Å². The molecule has 0 spiro atoms. The molecule has 5 nitrogen and oxygen atoms in total. The lowest BCUT2D eigenvalue weighted by Crippen LogP contribution is -1.97. The lowest BCUT2D eigenvalue weighted by molar-refractivity contribution is 0.0696. The summed E-state index contributed by atoms with van der Waals surface area (Å²) in [6.45, 7) is 2.91. The summed E-state index contributed by atoms with van der Waals surface area (Å²) < 4.78 is 7.90. The summed E-state index contributed by atoms with van der Waals surface area (Å²) in [6.07, 6.45) is 4.44. The van der Waals surface area contributed by atoms with E-state index in [0.717, 1.165) is 13.0 Å². The molecule has 0 bridgehead atoms. The Morgan fingerprint density at radius 1 is 1.47 bits per heavy atom. The van der Waals surface area contributed by atoms with Gasteiger partial charge in [0.15, 0.2) is 5.75 Å². The molecule has 0 unspecified atom stereocenters. The highest BCUT2D eigenvalue weighted by atomic mass is 79.9. The number of hydrogen-bond acceptors (Lipinski definition) is 3. The van der Waals surface area contributed by atoms with Gasteiger partial charge >= 0.3 is 5.97 Å². The molecule has 1 heterocycles. The van der Waals surface area contributed by atoms with E-state index >= 15 is 0 Å². The summed E-state index contributed by atoms with van der Waals surface area (Å²) in [5.74, 6) is 0.213. The molecule has 0 saturated carbocycles. The zero-order valence-corrected chi connectivity index (χ0v) is 11.9. The molecule has 0 fully saturated rings. The fourth-order valence-electron chi connectivity index (χ4n) is 1.62. The highest BCUT2D eigenvalue weighted by Crippen LogP contribution is 2.27. The third-order valence-corrected chi connectivity index (χ3v) is 3.13. The van der Waals surface area contributed by atoms with Crippen LogP contribution in [0.5, 0.6) is 11.5 Å². The van der Waals surface area contributed by atoms with Crippen LogP contribution in [-0.2, 0) is 6.54 Å². The van der Waals surface area contributed by atoms with Gasteiger partial charge in [-0.3, -0.25) is 4.68 Å². The van der Waals surface area contributed by atoms with Crippen LogP contribution >= 0.6 is 15.9 Å². The van der Waals surface area contributed by atoms with Gasteiger partial charge in [0.2, 0.25) is 0 Å². The molecule has 2 aromatic rings. The number of hydrogen-bond donors (Lipinski definition) is 1. The number of aryl methyl sites for hydroxylation is 1. The van der Waals surface area contributed by atoms with Crippen molar-refractivity contribution in [3.63, 3.8) is 0 Å². The second kappa shape index (κ2) is 5.88. The standard InChI is InChI=1S/C13H13BrN2O3/c1-2-5-16-8-10(7-15-16)19-9-3-4-11(13(17)18)12(14)6-9/h3-4,6-8H,2,5H2,1H3,(H,17,18). The molecule has 0 aliphatic carbocycles. The van der Waals surface area contributed by atoms with Gasteiger partial charge in [0, 0.05) is 11.0 Å². The molecule has 0 aliphatic heterocycles. The summed E-state index contributed by atoms with van der Waals surface area (Å²) in [4.78, 5) is 10.9. The number of carboxylic acids is 1. The minimum Gasteiger partial charge on any atom is -0.478 e. The average Bonchev–Trinajstić information content (AvgIpc) is 2.76. The van der Waals surface area contributed by atoms with Gasteiger partial charge in [-0.15, -0.1) is 0 Å². The van der Waals surface area contributed by atoms with E-state index in [0.29, 0.717) is 16.0 Å². The predicted octanol–water partition coefficient (Wildman–Crippen LogP) is 3.55. The first kappa shape index (κ1) is 13.6. The quantitative estimate of drug-likeness (QED) is 0.913. The van der Waals surface area contributed by atoms with E-state index < -0.39 is 5.97 Å². The number of aromatic carboxylic acids is 1. The van der Waals surface area contributed by atoms with E-state index in [4.69, 9.17) is 9.84 Å². The summed E-state index contributed by atoms with van der Waals surface area (Å²) in [5.41, 5.74) is 0.203. The summed E-state index contributed by atoms with van der Waals surface area (Å²) in [6, 6.07) is 4.74. The lowest BCUT2D eigenvalue weighted by Gasteiger charge is -2.05. The lowest BCUT2D eigenvalue weighted by atomic mass is 10.2. The maximum atomic E-state index is 10.9. The number of carboxylic acid groups (broad SMARTS) is 1. The van der Waals surface area contributed by atoms with Gasteiger partial charge in [-0.1, -0.05) is 6.92 Å². The molecule has 1 aromatic carbocycles. The number of nitrogens with zero attached hydrogens (tertiary/aromatic N) is 2. The zero-order chi connectivity index (χ0) is 13.8. The maximum Gasteiger partial charge on any atom is 0.336 e. The van der Waals surface area contributed by atoms with Crippen LogP contribution in [0.1, 0.15) is 23.7 Å². The van der Waals surface area contributed by atoms with Crippen LogP contribution in [-0.4, -0.2) is 20.9 Å². The first-order valence-electron chi connectivity index (χ1n) is 5.83. The van der Waals surface area contributed by atoms with Gasteiger partial charge in [0.05, 0.1) is 18.0 Å². The number of rotatable bonds is 5. The Morgan fingerprint density at radius 2 is 2.26 bits per heavy atom. The molecule has 0 aliphatic rings. The van der Waals surface area contributed by atoms with Gasteiger partial charge in [-0.25, -0.2) is 4.79 Å². The molecule has 0 atom stereocenters. The van der Waals surface area contributed by atoms with Crippen molar-refractivity contribution in [2.24, 2.45) is 0 Å². The highest BCUT2D eigenvalue weighted by molar-refractivity contribution is 9.10. The molecular weight excluding hydrogens is 312 g/mol. The minimum absolute atomic E-state index is 0.203. The fraction of sp³-hybridized carbons (Fsp3) is 0.231. The molecule has 100 valence electrons. The van der Waals surface area contributed by atoms with Crippen LogP contribution in [0.4, 0.5) is 0 Å². The van der Waals surface area contributed by atoms with Crippen molar-refractivity contribution >= 4 is 21.9 Å². The maximum absolute atomic E-state index is 10.9. The Labute approximate surface area is 118 Å². The minimum atomic E-state index is -0.978. The number of halogens is 1. The van der Waals surface area contributed by atoms with E-state index in [1.165, 1.54) is 6.07 Å². The fourth-order valence-corrected chi connectivity index (χ4v) is 2.14. The Balaban J connectivity index is 2.14. The molecule has 2 rings (SSSR count). The molecule has 0 amide bonds. The van der Waals surface area contributed by atoms with Crippen LogP contribution in [0, 0.1) is 0 Å². The van der Waals surface area contributed by atoms with Crippen LogP contribution < -0.4 is 4.74 Å². The monoisotopic (exact) mass is 324 g/mol. The van der Waals surface area contributed by atoms with Crippen molar-refractivity contribution in [3.8, 4) is 11.5 Å². The smallest absolute Gasteiger partial charge is 0.336 e. The predicted molar refractivity (Wildman–Crippen MR) is 73.7 cm³/mol. The van der Waals surface area contributed by atoms with Crippen LogP contribution in [0.15, 0.2) is 35.1 Å². The van der Waals surface area contributed by atoms with Gasteiger partial charge in [-0.2, -0.15) is 5.10 Å². The Bertz CT molecular complexity index is 595. The van der Waals surface area contributed by atoms with Crippen molar-refractivity contribution < 1.29 is 14.6 Å². The number of ether oxygens (including phenoxy) is 1. The first-order valence-corrected chi connectivity index (χ1v) is 6.62. The molecule has 1 N–H and O–H groups in total. The SMILES string of the molecule is CCCn1cc(Oc2ccc(C(=O)O)c(Br)c2)cn1. The summed E-state index contributed by atoms with van der Waals surface area (Å²) >= 11 is 3.21. The number of aromatic nitrogens is 2.